The maximum atomic E-state index is 13.2. The van der Waals surface area contributed by atoms with Gasteiger partial charge in [0.15, 0.2) is 11.5 Å². The van der Waals surface area contributed by atoms with Gasteiger partial charge in [0.1, 0.15) is 12.1 Å². The van der Waals surface area contributed by atoms with E-state index in [1.165, 1.54) is 16.7 Å². The second-order valence-electron chi connectivity index (χ2n) is 8.69. The molecule has 1 N–H and O–H groups in total. The lowest BCUT2D eigenvalue weighted by atomic mass is 9.57. The molecule has 6 nitrogen and oxygen atoms in total. The summed E-state index contributed by atoms with van der Waals surface area (Å²) < 4.78 is 17.6. The number of rotatable bonds is 2. The van der Waals surface area contributed by atoms with E-state index in [2.05, 4.69) is 0 Å². The Balaban J connectivity index is 1.81. The van der Waals surface area contributed by atoms with Crippen molar-refractivity contribution < 1.29 is 24.0 Å². The van der Waals surface area contributed by atoms with Gasteiger partial charge in [-0.3, -0.25) is 0 Å². The fourth-order valence-corrected chi connectivity index (χ4v) is 6.07. The first kappa shape index (κ1) is 16.8. The molecule has 4 aliphatic rings. The van der Waals surface area contributed by atoms with Gasteiger partial charge in [-0.05, 0) is 30.9 Å². The van der Waals surface area contributed by atoms with Crippen LogP contribution in [0.15, 0.2) is 6.07 Å². The summed E-state index contributed by atoms with van der Waals surface area (Å²) in [6.07, 6.45) is 4.09. The minimum absolute atomic E-state index is 0.0328. The van der Waals surface area contributed by atoms with E-state index in [4.69, 9.17) is 14.2 Å². The first-order valence-corrected chi connectivity index (χ1v) is 9.58. The van der Waals surface area contributed by atoms with E-state index in [9.17, 15) is 10.3 Å². The van der Waals surface area contributed by atoms with Crippen LogP contribution in [-0.4, -0.2) is 49.5 Å². The fraction of sp³-hybridized carbons (Fsp3) is 0.700. The number of fused-ring (bicyclic) bond motifs is 1. The number of quaternary nitrogens is 1. The summed E-state index contributed by atoms with van der Waals surface area (Å²) in [6, 6.07) is 2.00. The lowest BCUT2D eigenvalue weighted by Gasteiger charge is -2.60. The van der Waals surface area contributed by atoms with Crippen molar-refractivity contribution in [3.8, 4) is 11.5 Å². The summed E-state index contributed by atoms with van der Waals surface area (Å²) in [6.45, 7) is 0.605. The molecule has 2 aliphatic heterocycles. The van der Waals surface area contributed by atoms with Gasteiger partial charge in [-0.25, -0.2) is 0 Å². The molecule has 1 spiro atoms. The van der Waals surface area contributed by atoms with Crippen LogP contribution in [0.25, 0.3) is 0 Å². The molecular formula is C20H27NO5. The van der Waals surface area contributed by atoms with Crippen LogP contribution >= 0.6 is 0 Å². The van der Waals surface area contributed by atoms with Crippen molar-refractivity contribution in [1.82, 2.24) is 0 Å². The zero-order valence-corrected chi connectivity index (χ0v) is 15.7. The lowest BCUT2D eigenvalue weighted by Crippen LogP contribution is -2.62. The van der Waals surface area contributed by atoms with Crippen LogP contribution < -0.4 is 9.47 Å². The minimum atomic E-state index is -1.02. The van der Waals surface area contributed by atoms with E-state index in [1.54, 1.807) is 21.3 Å². The number of benzene rings is 1. The Morgan fingerprint density at radius 1 is 1.31 bits per heavy atom. The van der Waals surface area contributed by atoms with Gasteiger partial charge in [0.25, 0.3) is 0 Å². The third-order valence-electron chi connectivity index (χ3n) is 7.44. The normalized spacial score (nSPS) is 42.7. The van der Waals surface area contributed by atoms with Gasteiger partial charge in [-0.2, -0.15) is 0 Å². The van der Waals surface area contributed by atoms with Crippen LogP contribution in [0.5, 0.6) is 11.5 Å². The highest BCUT2D eigenvalue weighted by Gasteiger charge is 2.61. The smallest absolute Gasteiger partial charge is 0.237 e. The maximum Gasteiger partial charge on any atom is 0.237 e. The molecule has 1 saturated carbocycles. The summed E-state index contributed by atoms with van der Waals surface area (Å²) in [5, 5.41) is 23.8. The summed E-state index contributed by atoms with van der Waals surface area (Å²) in [4.78, 5) is 0. The van der Waals surface area contributed by atoms with Gasteiger partial charge in [-0.1, -0.05) is 0 Å². The largest absolute Gasteiger partial charge is 0.633 e. The van der Waals surface area contributed by atoms with Crippen LogP contribution in [0.3, 0.4) is 0 Å². The molecule has 6 heteroatoms. The predicted octanol–water partition coefficient (Wildman–Crippen LogP) is 2.55. The molecule has 0 saturated heterocycles. The summed E-state index contributed by atoms with van der Waals surface area (Å²) in [5.41, 5.74) is 3.49. The van der Waals surface area contributed by atoms with Crippen molar-refractivity contribution in [3.05, 3.63) is 28.0 Å². The van der Waals surface area contributed by atoms with Crippen LogP contribution in [0.2, 0.25) is 0 Å². The van der Waals surface area contributed by atoms with Crippen molar-refractivity contribution in [2.45, 2.75) is 61.9 Å². The van der Waals surface area contributed by atoms with E-state index in [0.717, 1.165) is 25.7 Å². The number of aliphatic hydroxyl groups excluding tert-OH is 1. The maximum absolute atomic E-state index is 13.2. The van der Waals surface area contributed by atoms with Crippen LogP contribution in [0.1, 0.15) is 54.8 Å². The standard InChI is InChI=1S/C20H27NO5/c1-21(23)9-6-12-10-14(24-2)18-17-16(12)13(21)4-7-19(17)8-5-15(22)20(11-19,25-3)26-18/h10,13,15,22H,4-9,11H2,1-3H3/t13-,15+,19+,20+,21-/m0/s1. The molecule has 5 atom stereocenters. The molecule has 1 aromatic rings. The highest BCUT2D eigenvalue weighted by atomic mass is 16.7. The number of hydroxylamine groups is 3. The summed E-state index contributed by atoms with van der Waals surface area (Å²) >= 11 is 0. The van der Waals surface area contributed by atoms with Gasteiger partial charge in [-0.15, -0.1) is 0 Å². The van der Waals surface area contributed by atoms with E-state index in [-0.39, 0.29) is 16.1 Å². The first-order chi connectivity index (χ1) is 12.4. The van der Waals surface area contributed by atoms with Gasteiger partial charge in [0.2, 0.25) is 5.79 Å². The highest BCUT2D eigenvalue weighted by molar-refractivity contribution is 5.62. The lowest BCUT2D eigenvalue weighted by molar-refractivity contribution is -0.895. The van der Waals surface area contributed by atoms with E-state index in [1.807, 2.05) is 6.07 Å². The molecule has 1 aromatic carbocycles. The van der Waals surface area contributed by atoms with E-state index in [0.29, 0.717) is 30.9 Å². The van der Waals surface area contributed by atoms with E-state index < -0.39 is 11.9 Å². The Labute approximate surface area is 153 Å². The Kier molecular flexibility index (Phi) is 3.32. The fourth-order valence-electron chi connectivity index (χ4n) is 6.07. The number of nitrogens with zero attached hydrogens (tertiary/aromatic N) is 1. The van der Waals surface area contributed by atoms with Gasteiger partial charge < -0.3 is 29.2 Å². The molecule has 0 amide bonds. The number of ether oxygens (including phenoxy) is 3. The van der Waals surface area contributed by atoms with Crippen molar-refractivity contribution >= 4 is 0 Å². The van der Waals surface area contributed by atoms with Gasteiger partial charge >= 0.3 is 0 Å². The molecule has 0 aromatic heterocycles. The third kappa shape index (κ3) is 1.91. The van der Waals surface area contributed by atoms with Crippen molar-refractivity contribution in [2.75, 3.05) is 27.8 Å². The second-order valence-corrected chi connectivity index (χ2v) is 8.69. The van der Waals surface area contributed by atoms with Gasteiger partial charge in [0, 0.05) is 42.9 Å². The Bertz CT molecular complexity index is 778. The molecule has 5 rings (SSSR count). The number of hydrogen-bond acceptors (Lipinski definition) is 5. The Morgan fingerprint density at radius 3 is 2.81 bits per heavy atom. The van der Waals surface area contributed by atoms with Crippen molar-refractivity contribution in [3.63, 3.8) is 0 Å². The van der Waals surface area contributed by atoms with Crippen molar-refractivity contribution in [2.24, 2.45) is 0 Å². The Morgan fingerprint density at radius 2 is 2.08 bits per heavy atom. The molecule has 26 heavy (non-hydrogen) atoms. The Hall–Kier alpha value is -1.34. The molecule has 0 unspecified atom stereocenters. The van der Waals surface area contributed by atoms with Crippen LogP contribution in [0, 0.1) is 5.21 Å². The molecule has 1 fully saturated rings. The first-order valence-electron chi connectivity index (χ1n) is 9.58. The molecule has 2 bridgehead atoms. The number of likely N-dealkylation sites (N-methyl/N-ethyl adjacent to an activating group) is 1. The molecule has 2 aliphatic carbocycles. The van der Waals surface area contributed by atoms with Crippen LogP contribution in [-0.2, 0) is 16.6 Å². The zero-order valence-electron chi connectivity index (χ0n) is 15.7. The number of methoxy groups -OCH3 is 2. The SMILES string of the molecule is COc1cc2c3c4c1O[C@]1(OC)C[C@]4(CC[C@H]1O)CC[C@@H]3[N@@+](C)([O-])CC2. The molecular weight excluding hydrogens is 334 g/mol. The summed E-state index contributed by atoms with van der Waals surface area (Å²) in [5.74, 6) is 0.356. The topological polar surface area (TPSA) is 71.0 Å². The molecule has 2 heterocycles. The second kappa shape index (κ2) is 5.13. The average molecular weight is 361 g/mol. The van der Waals surface area contributed by atoms with Crippen molar-refractivity contribution in [1.29, 1.82) is 0 Å². The average Bonchev–Trinajstić information content (AvgIpc) is 2.63. The quantitative estimate of drug-likeness (QED) is 0.647. The minimum Gasteiger partial charge on any atom is -0.633 e. The summed E-state index contributed by atoms with van der Waals surface area (Å²) in [7, 11) is 5.06. The number of hydrogen-bond donors (Lipinski definition) is 1. The molecule has 142 valence electrons. The third-order valence-corrected chi connectivity index (χ3v) is 7.44. The zero-order chi connectivity index (χ0) is 18.3. The highest BCUT2D eigenvalue weighted by Crippen LogP contribution is 2.64. The molecule has 0 radical (unpaired) electrons. The van der Waals surface area contributed by atoms with E-state index >= 15 is 0 Å². The number of aliphatic hydroxyl groups is 1. The van der Waals surface area contributed by atoms with Gasteiger partial charge in [0.05, 0.1) is 20.7 Å². The van der Waals surface area contributed by atoms with Crippen LogP contribution in [0.4, 0.5) is 0 Å². The monoisotopic (exact) mass is 361 g/mol. The predicted molar refractivity (Wildman–Crippen MR) is 95.0 cm³/mol.